The van der Waals surface area contributed by atoms with Crippen molar-refractivity contribution in [2.45, 2.75) is 52.1 Å². The monoisotopic (exact) mass is 212 g/mol. The Morgan fingerprint density at radius 2 is 2.00 bits per heavy atom. The molecule has 3 unspecified atom stereocenters. The highest BCUT2D eigenvalue weighted by Gasteiger charge is 2.47. The second kappa shape index (κ2) is 3.74. The number of hydrogen-bond donors (Lipinski definition) is 1. The van der Waals surface area contributed by atoms with Gasteiger partial charge in [-0.1, -0.05) is 20.8 Å². The van der Waals surface area contributed by atoms with Crippen LogP contribution >= 0.6 is 0 Å². The fourth-order valence-electron chi connectivity index (χ4n) is 3.86. The van der Waals surface area contributed by atoms with E-state index in [4.69, 9.17) is 4.74 Å². The zero-order chi connectivity index (χ0) is 11.1. The molecule has 0 aromatic rings. The van der Waals surface area contributed by atoms with Crippen LogP contribution in [0.25, 0.3) is 0 Å². The lowest BCUT2D eigenvalue weighted by molar-refractivity contribution is -0.0992. The summed E-state index contributed by atoms with van der Waals surface area (Å²) >= 11 is 0. The molecule has 0 aromatic heterocycles. The summed E-state index contributed by atoms with van der Waals surface area (Å²) in [4.78, 5) is 0. The zero-order valence-electron chi connectivity index (χ0n) is 10.3. The molecule has 2 nitrogen and oxygen atoms in total. The molecule has 1 N–H and O–H groups in total. The predicted octanol–water partition coefficient (Wildman–Crippen LogP) is 2.60. The number of aliphatic hydroxyl groups is 1. The summed E-state index contributed by atoms with van der Waals surface area (Å²) in [5.41, 5.74) is -0.174. The van der Waals surface area contributed by atoms with Crippen LogP contribution in [0.5, 0.6) is 0 Å². The fourth-order valence-corrected chi connectivity index (χ4v) is 3.86. The lowest BCUT2D eigenvalue weighted by Crippen LogP contribution is -2.47. The molecular weight excluding hydrogens is 188 g/mol. The summed E-state index contributed by atoms with van der Waals surface area (Å²) < 4.78 is 5.42. The van der Waals surface area contributed by atoms with E-state index in [1.54, 1.807) is 0 Å². The predicted molar refractivity (Wildman–Crippen MR) is 60.7 cm³/mol. The molecule has 0 aromatic carbocycles. The van der Waals surface area contributed by atoms with Crippen LogP contribution in [0.2, 0.25) is 0 Å². The maximum absolute atomic E-state index is 10.8. The van der Waals surface area contributed by atoms with Gasteiger partial charge in [0.1, 0.15) is 0 Å². The molecule has 2 rings (SSSR count). The van der Waals surface area contributed by atoms with Crippen molar-refractivity contribution in [2.24, 2.45) is 17.3 Å². The molecule has 2 heteroatoms. The quantitative estimate of drug-likeness (QED) is 0.724. The van der Waals surface area contributed by atoms with E-state index in [1.165, 1.54) is 6.42 Å². The lowest BCUT2D eigenvalue weighted by Gasteiger charge is -2.47. The Labute approximate surface area is 93.0 Å². The SMILES string of the molecule is CC1CC(C)(C)CC(O)(C2CCOC2)C1. The third-order valence-electron chi connectivity index (χ3n) is 4.08. The largest absolute Gasteiger partial charge is 0.389 e. The van der Waals surface area contributed by atoms with Gasteiger partial charge in [0.2, 0.25) is 0 Å². The van der Waals surface area contributed by atoms with Gasteiger partial charge in [0.15, 0.2) is 0 Å². The third-order valence-corrected chi connectivity index (χ3v) is 4.08. The van der Waals surface area contributed by atoms with Crippen LogP contribution in [-0.4, -0.2) is 23.9 Å². The molecule has 1 aliphatic heterocycles. The molecule has 88 valence electrons. The first-order chi connectivity index (χ1) is 6.91. The van der Waals surface area contributed by atoms with Crippen LogP contribution in [0.3, 0.4) is 0 Å². The molecule has 0 radical (unpaired) electrons. The minimum absolute atomic E-state index is 0.287. The van der Waals surface area contributed by atoms with Crippen molar-refractivity contribution in [3.63, 3.8) is 0 Å². The maximum atomic E-state index is 10.8. The van der Waals surface area contributed by atoms with E-state index in [9.17, 15) is 5.11 Å². The van der Waals surface area contributed by atoms with Crippen LogP contribution in [-0.2, 0) is 4.74 Å². The van der Waals surface area contributed by atoms with Gasteiger partial charge in [0, 0.05) is 12.5 Å². The van der Waals surface area contributed by atoms with Crippen molar-refractivity contribution in [2.75, 3.05) is 13.2 Å². The van der Waals surface area contributed by atoms with Gasteiger partial charge in [-0.2, -0.15) is 0 Å². The minimum atomic E-state index is -0.461. The lowest BCUT2D eigenvalue weighted by atomic mass is 9.62. The summed E-state index contributed by atoms with van der Waals surface area (Å²) in [6.45, 7) is 8.43. The third kappa shape index (κ3) is 2.36. The Hall–Kier alpha value is -0.0800. The first-order valence-electron chi connectivity index (χ1n) is 6.21. The molecule has 15 heavy (non-hydrogen) atoms. The van der Waals surface area contributed by atoms with E-state index in [2.05, 4.69) is 20.8 Å². The number of ether oxygens (including phenoxy) is 1. The summed E-state index contributed by atoms with van der Waals surface area (Å²) in [6.07, 6.45) is 4.19. The Balaban J connectivity index is 2.12. The standard InChI is InChI=1S/C13H24O2/c1-10-6-12(2,3)9-13(14,7-10)11-4-5-15-8-11/h10-11,14H,4-9H2,1-3H3. The molecule has 3 atom stereocenters. The molecular formula is C13H24O2. The zero-order valence-corrected chi connectivity index (χ0v) is 10.3. The molecule has 2 fully saturated rings. The van der Waals surface area contributed by atoms with Gasteiger partial charge in [-0.25, -0.2) is 0 Å². The molecule has 0 spiro atoms. The molecule has 1 saturated heterocycles. The van der Waals surface area contributed by atoms with Gasteiger partial charge >= 0.3 is 0 Å². The Kier molecular flexibility index (Phi) is 2.85. The average Bonchev–Trinajstić information content (AvgIpc) is 2.49. The Morgan fingerprint density at radius 1 is 1.27 bits per heavy atom. The minimum Gasteiger partial charge on any atom is -0.389 e. The van der Waals surface area contributed by atoms with Gasteiger partial charge in [-0.3, -0.25) is 0 Å². The van der Waals surface area contributed by atoms with Crippen molar-refractivity contribution < 1.29 is 9.84 Å². The van der Waals surface area contributed by atoms with E-state index in [-0.39, 0.29) is 5.41 Å². The second-order valence-corrected chi connectivity index (χ2v) is 6.52. The van der Waals surface area contributed by atoms with Crippen molar-refractivity contribution in [1.82, 2.24) is 0 Å². The van der Waals surface area contributed by atoms with E-state index < -0.39 is 5.60 Å². The Morgan fingerprint density at radius 3 is 2.53 bits per heavy atom. The summed E-state index contributed by atoms with van der Waals surface area (Å²) in [5.74, 6) is 1.01. The van der Waals surface area contributed by atoms with Crippen LogP contribution in [0.15, 0.2) is 0 Å². The summed E-state index contributed by atoms with van der Waals surface area (Å²) in [7, 11) is 0. The highest BCUT2D eigenvalue weighted by Crippen LogP contribution is 2.48. The molecule has 0 amide bonds. The fraction of sp³-hybridized carbons (Fsp3) is 1.00. The van der Waals surface area contributed by atoms with Crippen LogP contribution in [0.4, 0.5) is 0 Å². The van der Waals surface area contributed by atoms with Gasteiger partial charge in [0.25, 0.3) is 0 Å². The molecule has 0 bridgehead atoms. The first-order valence-corrected chi connectivity index (χ1v) is 6.21. The second-order valence-electron chi connectivity index (χ2n) is 6.52. The topological polar surface area (TPSA) is 29.5 Å². The van der Waals surface area contributed by atoms with Crippen LogP contribution < -0.4 is 0 Å². The van der Waals surface area contributed by atoms with Gasteiger partial charge in [-0.05, 0) is 37.0 Å². The van der Waals surface area contributed by atoms with E-state index >= 15 is 0 Å². The summed E-state index contributed by atoms with van der Waals surface area (Å²) in [6, 6.07) is 0. The average molecular weight is 212 g/mol. The van der Waals surface area contributed by atoms with Gasteiger partial charge < -0.3 is 9.84 Å². The van der Waals surface area contributed by atoms with Gasteiger partial charge in [-0.15, -0.1) is 0 Å². The number of hydrogen-bond acceptors (Lipinski definition) is 2. The van der Waals surface area contributed by atoms with Crippen molar-refractivity contribution in [1.29, 1.82) is 0 Å². The van der Waals surface area contributed by atoms with E-state index in [0.717, 1.165) is 32.5 Å². The van der Waals surface area contributed by atoms with Crippen LogP contribution in [0, 0.1) is 17.3 Å². The van der Waals surface area contributed by atoms with Crippen molar-refractivity contribution >= 4 is 0 Å². The summed E-state index contributed by atoms with van der Waals surface area (Å²) in [5, 5.41) is 10.8. The highest BCUT2D eigenvalue weighted by molar-refractivity contribution is 4.98. The van der Waals surface area contributed by atoms with Crippen molar-refractivity contribution in [3.8, 4) is 0 Å². The van der Waals surface area contributed by atoms with E-state index in [1.807, 2.05) is 0 Å². The maximum Gasteiger partial charge on any atom is 0.0706 e. The number of rotatable bonds is 1. The van der Waals surface area contributed by atoms with Gasteiger partial charge in [0.05, 0.1) is 12.2 Å². The Bertz CT molecular complexity index is 231. The normalized spacial score (nSPS) is 45.6. The first kappa shape index (κ1) is 11.4. The molecule has 1 heterocycles. The molecule has 1 aliphatic carbocycles. The molecule has 2 aliphatic rings. The molecule has 1 saturated carbocycles. The van der Waals surface area contributed by atoms with Crippen molar-refractivity contribution in [3.05, 3.63) is 0 Å². The highest BCUT2D eigenvalue weighted by atomic mass is 16.5. The smallest absolute Gasteiger partial charge is 0.0706 e. The van der Waals surface area contributed by atoms with E-state index in [0.29, 0.717) is 11.8 Å². The van der Waals surface area contributed by atoms with Crippen LogP contribution in [0.1, 0.15) is 46.5 Å².